The summed E-state index contributed by atoms with van der Waals surface area (Å²) in [5.41, 5.74) is 4.30. The van der Waals surface area contributed by atoms with E-state index < -0.39 is 0 Å². The predicted molar refractivity (Wildman–Crippen MR) is 115 cm³/mol. The number of hydrogen-bond acceptors (Lipinski definition) is 3. The normalized spacial score (nSPS) is 12.0. The fourth-order valence-corrected chi connectivity index (χ4v) is 4.00. The second-order valence-electron chi connectivity index (χ2n) is 8.25. The van der Waals surface area contributed by atoms with Crippen molar-refractivity contribution in [1.29, 1.82) is 0 Å². The van der Waals surface area contributed by atoms with Crippen LogP contribution < -0.4 is 11.2 Å². The molecule has 0 bridgehead atoms. The third kappa shape index (κ3) is 2.84. The second-order valence-corrected chi connectivity index (χ2v) is 8.25. The first-order valence-electron chi connectivity index (χ1n) is 9.94. The van der Waals surface area contributed by atoms with Gasteiger partial charge in [0.25, 0.3) is 5.56 Å². The minimum absolute atomic E-state index is 0.242. The molecule has 0 unspecified atom stereocenters. The van der Waals surface area contributed by atoms with Crippen molar-refractivity contribution < 1.29 is 0 Å². The molecule has 0 atom stereocenters. The molecule has 3 aromatic heterocycles. The van der Waals surface area contributed by atoms with Crippen LogP contribution >= 0.6 is 0 Å². The monoisotopic (exact) mass is 393 g/mol. The first kappa shape index (κ1) is 19.2. The Morgan fingerprint density at radius 2 is 1.69 bits per heavy atom. The zero-order valence-corrected chi connectivity index (χ0v) is 17.9. The number of imidazole rings is 2. The van der Waals surface area contributed by atoms with Crippen LogP contribution in [0.3, 0.4) is 0 Å². The standard InChI is InChI=1S/C22H27N5O2/c1-13(2)11-25-15(4)16(5)27-18-19(23-21(25)27)24(6)22(29)26(20(18)28)12-17-10-8-7-9-14(17)3/h7-10,13H,11-12H2,1-6H3. The van der Waals surface area contributed by atoms with Gasteiger partial charge in [-0.05, 0) is 37.8 Å². The van der Waals surface area contributed by atoms with Gasteiger partial charge >= 0.3 is 5.69 Å². The van der Waals surface area contributed by atoms with Crippen LogP contribution in [-0.4, -0.2) is 23.1 Å². The van der Waals surface area contributed by atoms with Gasteiger partial charge in [0.1, 0.15) is 0 Å². The molecule has 4 rings (SSSR count). The molecule has 0 aliphatic rings. The third-order valence-electron chi connectivity index (χ3n) is 5.77. The summed E-state index contributed by atoms with van der Waals surface area (Å²) in [4.78, 5) is 31.2. The van der Waals surface area contributed by atoms with Crippen LogP contribution in [0.1, 0.15) is 36.4 Å². The first-order chi connectivity index (χ1) is 13.7. The fourth-order valence-electron chi connectivity index (χ4n) is 4.00. The van der Waals surface area contributed by atoms with E-state index in [-0.39, 0.29) is 17.8 Å². The van der Waals surface area contributed by atoms with Gasteiger partial charge in [0.05, 0.1) is 6.54 Å². The molecule has 0 saturated carbocycles. The topological polar surface area (TPSA) is 66.2 Å². The van der Waals surface area contributed by atoms with E-state index in [0.29, 0.717) is 22.9 Å². The van der Waals surface area contributed by atoms with Crippen LogP contribution in [0.25, 0.3) is 16.9 Å². The Balaban J connectivity index is 2.06. The van der Waals surface area contributed by atoms with Gasteiger partial charge in [0.2, 0.25) is 5.78 Å². The van der Waals surface area contributed by atoms with Crippen LogP contribution in [0.15, 0.2) is 33.9 Å². The highest BCUT2D eigenvalue weighted by Crippen LogP contribution is 2.21. The number of aryl methyl sites for hydroxylation is 3. The smallest absolute Gasteiger partial charge is 0.314 e. The Labute approximate surface area is 168 Å². The minimum atomic E-state index is -0.351. The van der Waals surface area contributed by atoms with E-state index >= 15 is 0 Å². The minimum Gasteiger partial charge on any atom is -0.314 e. The van der Waals surface area contributed by atoms with E-state index in [0.717, 1.165) is 29.1 Å². The van der Waals surface area contributed by atoms with Gasteiger partial charge in [-0.1, -0.05) is 38.1 Å². The molecule has 0 spiro atoms. The van der Waals surface area contributed by atoms with E-state index in [1.807, 2.05) is 49.4 Å². The molecule has 29 heavy (non-hydrogen) atoms. The molecule has 0 fully saturated rings. The summed E-state index contributed by atoms with van der Waals surface area (Å²) in [6, 6.07) is 7.81. The van der Waals surface area contributed by atoms with Crippen LogP contribution in [0.2, 0.25) is 0 Å². The zero-order valence-electron chi connectivity index (χ0n) is 17.9. The molecule has 0 amide bonds. The Bertz CT molecular complexity index is 1360. The number of nitrogens with zero attached hydrogens (tertiary/aromatic N) is 5. The van der Waals surface area contributed by atoms with Gasteiger partial charge in [-0.2, -0.15) is 4.98 Å². The molecule has 0 saturated heterocycles. The van der Waals surface area contributed by atoms with Crippen LogP contribution in [0, 0.1) is 26.7 Å². The van der Waals surface area contributed by atoms with Crippen LogP contribution in [0.5, 0.6) is 0 Å². The highest BCUT2D eigenvalue weighted by Gasteiger charge is 2.23. The molecule has 7 nitrogen and oxygen atoms in total. The lowest BCUT2D eigenvalue weighted by molar-refractivity contribution is 0.524. The van der Waals surface area contributed by atoms with Crippen molar-refractivity contribution in [2.45, 2.75) is 47.7 Å². The van der Waals surface area contributed by atoms with Crippen molar-refractivity contribution >= 4 is 16.9 Å². The second kappa shape index (κ2) is 6.76. The van der Waals surface area contributed by atoms with Gasteiger partial charge in [0, 0.05) is 25.0 Å². The summed E-state index contributed by atoms with van der Waals surface area (Å²) < 4.78 is 6.84. The van der Waals surface area contributed by atoms with Crippen LogP contribution in [-0.2, 0) is 20.1 Å². The highest BCUT2D eigenvalue weighted by molar-refractivity contribution is 5.76. The Morgan fingerprint density at radius 1 is 1.00 bits per heavy atom. The van der Waals surface area contributed by atoms with Gasteiger partial charge < -0.3 is 4.57 Å². The van der Waals surface area contributed by atoms with E-state index in [1.165, 1.54) is 9.13 Å². The fraction of sp³-hybridized carbons (Fsp3) is 0.409. The number of hydrogen-bond donors (Lipinski definition) is 0. The first-order valence-corrected chi connectivity index (χ1v) is 9.94. The van der Waals surface area contributed by atoms with Crippen molar-refractivity contribution in [3.05, 3.63) is 67.6 Å². The van der Waals surface area contributed by atoms with Crippen molar-refractivity contribution in [1.82, 2.24) is 23.1 Å². The molecule has 7 heteroatoms. The van der Waals surface area contributed by atoms with Crippen molar-refractivity contribution in [3.63, 3.8) is 0 Å². The summed E-state index contributed by atoms with van der Waals surface area (Å²) in [6.45, 7) is 11.4. The summed E-state index contributed by atoms with van der Waals surface area (Å²) in [7, 11) is 1.68. The number of benzene rings is 1. The average molecular weight is 393 g/mol. The maximum absolute atomic E-state index is 13.5. The molecule has 4 aromatic rings. The Hall–Kier alpha value is -3.09. The van der Waals surface area contributed by atoms with E-state index in [2.05, 4.69) is 18.4 Å². The third-order valence-corrected chi connectivity index (χ3v) is 5.77. The lowest BCUT2D eigenvalue weighted by Crippen LogP contribution is -2.39. The average Bonchev–Trinajstić information content (AvgIpc) is 3.17. The summed E-state index contributed by atoms with van der Waals surface area (Å²) in [5.74, 6) is 1.15. The number of rotatable bonds is 4. The molecule has 1 aromatic carbocycles. The highest BCUT2D eigenvalue weighted by atomic mass is 16.2. The molecule has 0 radical (unpaired) electrons. The number of aromatic nitrogens is 5. The quantitative estimate of drug-likeness (QED) is 0.535. The van der Waals surface area contributed by atoms with Gasteiger partial charge in [-0.15, -0.1) is 0 Å². The molecule has 0 aliphatic carbocycles. The van der Waals surface area contributed by atoms with E-state index in [4.69, 9.17) is 4.98 Å². The molecule has 0 N–H and O–H groups in total. The summed E-state index contributed by atoms with van der Waals surface area (Å²) in [5, 5.41) is 0. The van der Waals surface area contributed by atoms with Crippen molar-refractivity contribution in [2.75, 3.05) is 0 Å². The lowest BCUT2D eigenvalue weighted by atomic mass is 10.1. The SMILES string of the molecule is Cc1ccccc1Cn1c(=O)c2c(nc3n(CC(C)C)c(C)c(C)n23)n(C)c1=O. The van der Waals surface area contributed by atoms with Gasteiger partial charge in [-0.3, -0.25) is 18.3 Å². The Morgan fingerprint density at radius 3 is 2.34 bits per heavy atom. The summed E-state index contributed by atoms with van der Waals surface area (Å²) >= 11 is 0. The van der Waals surface area contributed by atoms with Gasteiger partial charge in [0.15, 0.2) is 11.2 Å². The number of fused-ring (bicyclic) bond motifs is 3. The maximum atomic E-state index is 13.5. The molecular weight excluding hydrogens is 366 g/mol. The van der Waals surface area contributed by atoms with Gasteiger partial charge in [-0.25, -0.2) is 4.79 Å². The van der Waals surface area contributed by atoms with Crippen LogP contribution in [0.4, 0.5) is 0 Å². The molecular formula is C22H27N5O2. The molecule has 152 valence electrons. The lowest BCUT2D eigenvalue weighted by Gasteiger charge is -2.10. The Kier molecular flexibility index (Phi) is 4.48. The molecule has 3 heterocycles. The van der Waals surface area contributed by atoms with Crippen molar-refractivity contribution in [2.24, 2.45) is 13.0 Å². The van der Waals surface area contributed by atoms with E-state index in [1.54, 1.807) is 7.05 Å². The largest absolute Gasteiger partial charge is 0.332 e. The van der Waals surface area contributed by atoms with E-state index in [9.17, 15) is 9.59 Å². The maximum Gasteiger partial charge on any atom is 0.332 e. The summed E-state index contributed by atoms with van der Waals surface area (Å²) in [6.07, 6.45) is 0. The molecule has 0 aliphatic heterocycles. The zero-order chi connectivity index (χ0) is 21.0. The van der Waals surface area contributed by atoms with Crippen molar-refractivity contribution in [3.8, 4) is 0 Å². The predicted octanol–water partition coefficient (Wildman–Crippen LogP) is 2.78.